The average molecular weight is 422 g/mol. The van der Waals surface area contributed by atoms with Crippen LogP contribution in [0.3, 0.4) is 0 Å². The molecule has 0 spiro atoms. The van der Waals surface area contributed by atoms with Gasteiger partial charge in [-0.05, 0) is 49.2 Å². The van der Waals surface area contributed by atoms with Crippen LogP contribution in [0.1, 0.15) is 41.4 Å². The molecule has 6 heteroatoms. The number of carbonyl (C=O) groups is 2. The van der Waals surface area contributed by atoms with Crippen molar-refractivity contribution in [1.82, 2.24) is 9.97 Å². The number of aromatic nitrogens is 2. The number of hydrogen-bond donors (Lipinski definition) is 0. The van der Waals surface area contributed by atoms with Crippen LogP contribution in [0, 0.1) is 6.92 Å². The molecule has 0 bridgehead atoms. The third-order valence-electron chi connectivity index (χ3n) is 5.10. The predicted octanol–water partition coefficient (Wildman–Crippen LogP) is 5.29. The fourth-order valence-electron chi connectivity index (χ4n) is 3.21. The largest absolute Gasteiger partial charge is 0.314 e. The van der Waals surface area contributed by atoms with Crippen molar-refractivity contribution in [1.29, 1.82) is 0 Å². The molecule has 3 aromatic rings. The summed E-state index contributed by atoms with van der Waals surface area (Å²) in [5.74, 6) is 0.0394. The van der Waals surface area contributed by atoms with Crippen molar-refractivity contribution in [3.63, 3.8) is 0 Å². The highest BCUT2D eigenvalue weighted by atomic mass is 35.5. The van der Waals surface area contributed by atoms with Crippen LogP contribution in [0.15, 0.2) is 54.9 Å². The number of amides is 1. The molecule has 1 aromatic carbocycles. The number of ketones is 1. The summed E-state index contributed by atoms with van der Waals surface area (Å²) in [6.07, 6.45) is 4.82. The summed E-state index contributed by atoms with van der Waals surface area (Å²) in [7, 11) is 1.71. The van der Waals surface area contributed by atoms with Gasteiger partial charge in [0, 0.05) is 49.1 Å². The molecule has 0 atom stereocenters. The summed E-state index contributed by atoms with van der Waals surface area (Å²) in [5.41, 5.74) is 4.81. The number of nitrogens with zero attached hydrogens (tertiary/aromatic N) is 3. The van der Waals surface area contributed by atoms with Crippen molar-refractivity contribution < 1.29 is 9.59 Å². The van der Waals surface area contributed by atoms with E-state index < -0.39 is 0 Å². The van der Waals surface area contributed by atoms with E-state index in [1.165, 1.54) is 0 Å². The number of Topliss-reactive ketones (excluding diaryl/α,β-unsaturated/α-hetero) is 1. The topological polar surface area (TPSA) is 63.2 Å². The fourth-order valence-corrected chi connectivity index (χ4v) is 3.52. The predicted molar refractivity (Wildman–Crippen MR) is 120 cm³/mol. The maximum atomic E-state index is 12.5. The van der Waals surface area contributed by atoms with Crippen LogP contribution < -0.4 is 4.90 Å². The Balaban J connectivity index is 1.71. The van der Waals surface area contributed by atoms with Gasteiger partial charge in [-0.2, -0.15) is 0 Å². The smallest absolute Gasteiger partial charge is 0.226 e. The van der Waals surface area contributed by atoms with Gasteiger partial charge in [0.1, 0.15) is 0 Å². The lowest BCUT2D eigenvalue weighted by Gasteiger charge is -2.18. The molecule has 0 aliphatic heterocycles. The Bertz CT molecular complexity index is 1060. The highest BCUT2D eigenvalue weighted by Gasteiger charge is 2.14. The molecule has 0 saturated heterocycles. The number of benzene rings is 1. The first-order valence-electron chi connectivity index (χ1n) is 9.87. The fraction of sp³-hybridized carbons (Fsp3) is 0.250. The maximum absolute atomic E-state index is 12.5. The van der Waals surface area contributed by atoms with E-state index in [9.17, 15) is 9.59 Å². The van der Waals surface area contributed by atoms with Crippen molar-refractivity contribution in [3.8, 4) is 11.3 Å². The number of aryl methyl sites for hydroxylation is 2. The molecule has 0 aliphatic carbocycles. The number of anilines is 1. The number of hydrogen-bond acceptors (Lipinski definition) is 4. The number of carbonyl (C=O) groups excluding carboxylic acids is 2. The molecule has 3 rings (SSSR count). The molecule has 0 aliphatic rings. The molecule has 2 heterocycles. The molecule has 1 amide bonds. The molecule has 2 aromatic heterocycles. The maximum Gasteiger partial charge on any atom is 0.226 e. The van der Waals surface area contributed by atoms with E-state index in [1.807, 2.05) is 44.2 Å². The highest BCUT2D eigenvalue weighted by Crippen LogP contribution is 2.30. The van der Waals surface area contributed by atoms with E-state index in [0.29, 0.717) is 41.2 Å². The van der Waals surface area contributed by atoms with E-state index in [2.05, 4.69) is 9.97 Å². The second kappa shape index (κ2) is 9.63. The summed E-state index contributed by atoms with van der Waals surface area (Å²) < 4.78 is 0. The highest BCUT2D eigenvalue weighted by molar-refractivity contribution is 6.34. The van der Waals surface area contributed by atoms with Crippen LogP contribution in [-0.4, -0.2) is 28.7 Å². The van der Waals surface area contributed by atoms with E-state index in [4.69, 9.17) is 11.6 Å². The van der Waals surface area contributed by atoms with Gasteiger partial charge in [0.05, 0.1) is 16.4 Å². The van der Waals surface area contributed by atoms with Gasteiger partial charge in [-0.3, -0.25) is 19.6 Å². The minimum absolute atomic E-state index is 0.00730. The zero-order chi connectivity index (χ0) is 21.7. The molecule has 30 heavy (non-hydrogen) atoms. The Morgan fingerprint density at radius 1 is 1.10 bits per heavy atom. The standard InChI is InChI=1S/C24H24ClN3O2/c1-4-24(30)28(3)22-11-8-18(14-20(22)25)21-10-7-19(15-27-21)23(29)12-9-17-6-5-13-26-16(17)2/h5-8,10-11,13-15H,4,9,12H2,1-3H3. The van der Waals surface area contributed by atoms with Gasteiger partial charge < -0.3 is 4.90 Å². The van der Waals surface area contributed by atoms with Crippen molar-refractivity contribution >= 4 is 29.0 Å². The van der Waals surface area contributed by atoms with E-state index >= 15 is 0 Å². The van der Waals surface area contributed by atoms with Gasteiger partial charge >= 0.3 is 0 Å². The van der Waals surface area contributed by atoms with Crippen LogP contribution in [-0.2, 0) is 11.2 Å². The van der Waals surface area contributed by atoms with Gasteiger partial charge in [0.2, 0.25) is 5.91 Å². The van der Waals surface area contributed by atoms with Crippen LogP contribution in [0.2, 0.25) is 5.02 Å². The molecule has 0 N–H and O–H groups in total. The summed E-state index contributed by atoms with van der Waals surface area (Å²) in [6.45, 7) is 3.76. The lowest BCUT2D eigenvalue weighted by molar-refractivity contribution is -0.118. The second-order valence-corrected chi connectivity index (χ2v) is 7.48. The van der Waals surface area contributed by atoms with Crippen LogP contribution in [0.5, 0.6) is 0 Å². The molecule has 0 fully saturated rings. The summed E-state index contributed by atoms with van der Waals surface area (Å²) in [5, 5.41) is 0.477. The zero-order valence-corrected chi connectivity index (χ0v) is 18.1. The van der Waals surface area contributed by atoms with Gasteiger partial charge in [-0.25, -0.2) is 0 Å². The zero-order valence-electron chi connectivity index (χ0n) is 17.4. The number of pyridine rings is 2. The minimum atomic E-state index is -0.00730. The quantitative estimate of drug-likeness (QED) is 0.486. The van der Waals surface area contributed by atoms with Crippen molar-refractivity contribution in [2.45, 2.75) is 33.1 Å². The number of rotatable bonds is 7. The third kappa shape index (κ3) is 4.92. The third-order valence-corrected chi connectivity index (χ3v) is 5.41. The van der Waals surface area contributed by atoms with Gasteiger partial charge in [-0.15, -0.1) is 0 Å². The van der Waals surface area contributed by atoms with Crippen LogP contribution in [0.25, 0.3) is 11.3 Å². The lowest BCUT2D eigenvalue weighted by Crippen LogP contribution is -2.25. The molecule has 0 radical (unpaired) electrons. The second-order valence-electron chi connectivity index (χ2n) is 7.08. The van der Waals surface area contributed by atoms with Gasteiger partial charge in [0.25, 0.3) is 0 Å². The first kappa shape index (κ1) is 21.7. The van der Waals surface area contributed by atoms with E-state index in [1.54, 1.807) is 36.5 Å². The lowest BCUT2D eigenvalue weighted by atomic mass is 10.0. The Labute approximate surface area is 181 Å². The van der Waals surface area contributed by atoms with Gasteiger partial charge in [-0.1, -0.05) is 30.7 Å². The Kier molecular flexibility index (Phi) is 6.95. The Morgan fingerprint density at radius 2 is 1.90 bits per heavy atom. The van der Waals surface area contributed by atoms with Crippen molar-refractivity contribution in [2.75, 3.05) is 11.9 Å². The molecule has 154 valence electrons. The van der Waals surface area contributed by atoms with Crippen LogP contribution in [0.4, 0.5) is 5.69 Å². The first-order chi connectivity index (χ1) is 14.4. The van der Waals surface area contributed by atoms with E-state index in [0.717, 1.165) is 16.8 Å². The minimum Gasteiger partial charge on any atom is -0.314 e. The molecule has 5 nitrogen and oxygen atoms in total. The van der Waals surface area contributed by atoms with Crippen molar-refractivity contribution in [2.24, 2.45) is 0 Å². The Morgan fingerprint density at radius 3 is 2.53 bits per heavy atom. The number of halogens is 1. The van der Waals surface area contributed by atoms with Gasteiger partial charge in [0.15, 0.2) is 5.78 Å². The van der Waals surface area contributed by atoms with E-state index in [-0.39, 0.29) is 11.7 Å². The first-order valence-corrected chi connectivity index (χ1v) is 10.2. The monoisotopic (exact) mass is 421 g/mol. The summed E-state index contributed by atoms with van der Waals surface area (Å²) >= 11 is 6.39. The average Bonchev–Trinajstić information content (AvgIpc) is 2.77. The van der Waals surface area contributed by atoms with Crippen LogP contribution >= 0.6 is 11.6 Å². The summed E-state index contributed by atoms with van der Waals surface area (Å²) in [6, 6.07) is 12.9. The summed E-state index contributed by atoms with van der Waals surface area (Å²) in [4.78, 5) is 34.7. The Hall–Kier alpha value is -3.05. The normalized spacial score (nSPS) is 10.7. The van der Waals surface area contributed by atoms with Crippen molar-refractivity contribution in [3.05, 3.63) is 76.7 Å². The molecule has 0 unspecified atom stereocenters. The molecular formula is C24H24ClN3O2. The molecule has 0 saturated carbocycles. The SMILES string of the molecule is CCC(=O)N(C)c1ccc(-c2ccc(C(=O)CCc3cccnc3C)cn2)cc1Cl. The molecular weight excluding hydrogens is 398 g/mol.